The molecule has 0 N–H and O–H groups in total. The molecule has 5 nitrogen and oxygen atoms in total. The molecular weight excluding hydrogens is 242 g/mol. The van der Waals surface area contributed by atoms with Crippen molar-refractivity contribution in [2.75, 3.05) is 13.1 Å². The van der Waals surface area contributed by atoms with Crippen LogP contribution in [0.5, 0.6) is 0 Å². The molecular formula is C14H19N3O2. The normalized spacial score (nSPS) is 25.6. The molecule has 0 radical (unpaired) electrons. The predicted molar refractivity (Wildman–Crippen MR) is 69.6 cm³/mol. The van der Waals surface area contributed by atoms with Crippen LogP contribution in [0.2, 0.25) is 0 Å². The Hall–Kier alpha value is -1.65. The Bertz CT molecular complexity index is 479. The highest BCUT2D eigenvalue weighted by molar-refractivity contribution is 5.89. The molecule has 1 fully saturated rings. The fourth-order valence-electron chi connectivity index (χ4n) is 2.97. The maximum absolute atomic E-state index is 12.3. The van der Waals surface area contributed by atoms with Crippen molar-refractivity contribution in [3.8, 4) is 0 Å². The highest BCUT2D eigenvalue weighted by Crippen LogP contribution is 2.33. The molecule has 19 heavy (non-hydrogen) atoms. The van der Waals surface area contributed by atoms with Crippen LogP contribution in [0.3, 0.4) is 0 Å². The molecule has 2 atom stereocenters. The lowest BCUT2D eigenvalue weighted by Gasteiger charge is -2.17. The summed E-state index contributed by atoms with van der Waals surface area (Å²) in [6.07, 6.45) is 8.28. The molecule has 1 aromatic rings. The number of carbonyl (C=O) groups is 1. The first-order valence-corrected chi connectivity index (χ1v) is 7.04. The van der Waals surface area contributed by atoms with Crippen LogP contribution in [0.4, 0.5) is 0 Å². The van der Waals surface area contributed by atoms with Crippen molar-refractivity contribution in [1.82, 2.24) is 15.1 Å². The summed E-state index contributed by atoms with van der Waals surface area (Å²) in [6.45, 7) is 3.68. The molecule has 2 aliphatic rings. The Morgan fingerprint density at radius 1 is 1.32 bits per heavy atom. The first-order chi connectivity index (χ1) is 9.28. The standard InChI is InChI=1S/C14H19N3O2/c1-2-5-12-15-16-13(19-12)14(18)17-8-10-6-3-4-7-11(10)9-17/h3-4,10-11H,2,5-9H2,1H3/t10-,11+. The summed E-state index contributed by atoms with van der Waals surface area (Å²) in [5, 5.41) is 7.79. The molecule has 1 amide bonds. The van der Waals surface area contributed by atoms with Crippen LogP contribution in [0, 0.1) is 11.8 Å². The van der Waals surface area contributed by atoms with Gasteiger partial charge in [-0.1, -0.05) is 19.1 Å². The zero-order chi connectivity index (χ0) is 13.2. The van der Waals surface area contributed by atoms with Crippen molar-refractivity contribution >= 4 is 5.91 Å². The van der Waals surface area contributed by atoms with Gasteiger partial charge in [-0.25, -0.2) is 0 Å². The van der Waals surface area contributed by atoms with Crippen LogP contribution >= 0.6 is 0 Å². The van der Waals surface area contributed by atoms with Crippen LogP contribution in [-0.2, 0) is 6.42 Å². The van der Waals surface area contributed by atoms with Crippen LogP contribution in [0.1, 0.15) is 42.8 Å². The lowest BCUT2D eigenvalue weighted by Crippen LogP contribution is -2.29. The molecule has 3 rings (SSSR count). The summed E-state index contributed by atoms with van der Waals surface area (Å²) >= 11 is 0. The highest BCUT2D eigenvalue weighted by atomic mass is 16.4. The lowest BCUT2D eigenvalue weighted by molar-refractivity contribution is 0.0742. The van der Waals surface area contributed by atoms with Gasteiger partial charge in [0.15, 0.2) is 0 Å². The van der Waals surface area contributed by atoms with E-state index in [0.29, 0.717) is 17.7 Å². The number of likely N-dealkylation sites (tertiary alicyclic amines) is 1. The van der Waals surface area contributed by atoms with Gasteiger partial charge in [0.1, 0.15) is 0 Å². The number of hydrogen-bond acceptors (Lipinski definition) is 4. The van der Waals surface area contributed by atoms with Crippen molar-refractivity contribution < 1.29 is 9.21 Å². The summed E-state index contributed by atoms with van der Waals surface area (Å²) in [4.78, 5) is 14.2. The fourth-order valence-corrected chi connectivity index (χ4v) is 2.97. The largest absolute Gasteiger partial charge is 0.417 e. The number of rotatable bonds is 3. The van der Waals surface area contributed by atoms with Gasteiger partial charge in [0.05, 0.1) is 0 Å². The van der Waals surface area contributed by atoms with Crippen LogP contribution in [-0.4, -0.2) is 34.1 Å². The Morgan fingerprint density at radius 2 is 2.00 bits per heavy atom. The van der Waals surface area contributed by atoms with Crippen molar-refractivity contribution in [3.05, 3.63) is 23.9 Å². The Balaban J connectivity index is 1.67. The highest BCUT2D eigenvalue weighted by Gasteiger charge is 2.36. The van der Waals surface area contributed by atoms with E-state index in [2.05, 4.69) is 22.3 Å². The third kappa shape index (κ3) is 2.41. The maximum Gasteiger partial charge on any atom is 0.311 e. The van der Waals surface area contributed by atoms with Crippen molar-refractivity contribution in [3.63, 3.8) is 0 Å². The van der Waals surface area contributed by atoms with Gasteiger partial charge in [-0.3, -0.25) is 4.79 Å². The summed E-state index contributed by atoms with van der Waals surface area (Å²) in [5.74, 6) is 1.81. The molecule has 2 heterocycles. The van der Waals surface area contributed by atoms with Crippen LogP contribution < -0.4 is 0 Å². The Labute approximate surface area is 112 Å². The molecule has 0 spiro atoms. The molecule has 0 unspecified atom stereocenters. The van der Waals surface area contributed by atoms with E-state index in [4.69, 9.17) is 4.42 Å². The zero-order valence-corrected chi connectivity index (χ0v) is 11.2. The van der Waals surface area contributed by atoms with Crippen molar-refractivity contribution in [2.45, 2.75) is 32.6 Å². The molecule has 5 heteroatoms. The topological polar surface area (TPSA) is 59.2 Å². The maximum atomic E-state index is 12.3. The molecule has 1 saturated heterocycles. The van der Waals surface area contributed by atoms with Gasteiger partial charge >= 0.3 is 11.8 Å². The van der Waals surface area contributed by atoms with E-state index in [1.807, 2.05) is 11.8 Å². The van der Waals surface area contributed by atoms with Gasteiger partial charge in [0.2, 0.25) is 5.89 Å². The smallest absolute Gasteiger partial charge is 0.311 e. The average molecular weight is 261 g/mol. The number of aryl methyl sites for hydroxylation is 1. The van der Waals surface area contributed by atoms with E-state index in [1.165, 1.54) is 0 Å². The summed E-state index contributed by atoms with van der Waals surface area (Å²) in [7, 11) is 0. The predicted octanol–water partition coefficient (Wildman–Crippen LogP) is 2.06. The average Bonchev–Trinajstić information content (AvgIpc) is 3.04. The van der Waals surface area contributed by atoms with Crippen LogP contribution in [0.25, 0.3) is 0 Å². The van der Waals surface area contributed by atoms with Gasteiger partial charge in [-0.2, -0.15) is 0 Å². The van der Waals surface area contributed by atoms with E-state index in [1.54, 1.807) is 0 Å². The van der Waals surface area contributed by atoms with E-state index >= 15 is 0 Å². The Morgan fingerprint density at radius 3 is 2.63 bits per heavy atom. The molecule has 1 aliphatic carbocycles. The van der Waals surface area contributed by atoms with E-state index in [0.717, 1.165) is 38.8 Å². The van der Waals surface area contributed by atoms with E-state index in [9.17, 15) is 4.79 Å². The van der Waals surface area contributed by atoms with Crippen LogP contribution in [0.15, 0.2) is 16.6 Å². The minimum absolute atomic E-state index is 0.107. The first-order valence-electron chi connectivity index (χ1n) is 7.04. The zero-order valence-electron chi connectivity index (χ0n) is 11.2. The van der Waals surface area contributed by atoms with E-state index in [-0.39, 0.29) is 11.8 Å². The third-order valence-corrected chi connectivity index (χ3v) is 4.02. The number of hydrogen-bond donors (Lipinski definition) is 0. The monoisotopic (exact) mass is 261 g/mol. The molecule has 0 bridgehead atoms. The first kappa shape index (κ1) is 12.4. The Kier molecular flexibility index (Phi) is 3.36. The second kappa shape index (κ2) is 5.15. The SMILES string of the molecule is CCCc1nnc(C(=O)N2C[C@H]3CC=CC[C@H]3C2)o1. The summed E-state index contributed by atoms with van der Waals surface area (Å²) < 4.78 is 5.42. The third-order valence-electron chi connectivity index (χ3n) is 4.02. The molecule has 0 aromatic carbocycles. The van der Waals surface area contributed by atoms with E-state index < -0.39 is 0 Å². The molecule has 1 aliphatic heterocycles. The van der Waals surface area contributed by atoms with Crippen molar-refractivity contribution in [1.29, 1.82) is 0 Å². The van der Waals surface area contributed by atoms with Gasteiger partial charge in [-0.15, -0.1) is 10.2 Å². The molecule has 0 saturated carbocycles. The number of carbonyl (C=O) groups excluding carboxylic acids is 1. The quantitative estimate of drug-likeness (QED) is 0.781. The van der Waals surface area contributed by atoms with Gasteiger partial charge in [-0.05, 0) is 31.1 Å². The lowest BCUT2D eigenvalue weighted by atomic mass is 9.86. The number of fused-ring (bicyclic) bond motifs is 1. The second-order valence-electron chi connectivity index (χ2n) is 5.42. The number of aromatic nitrogens is 2. The molecule has 102 valence electrons. The number of amides is 1. The summed E-state index contributed by atoms with van der Waals surface area (Å²) in [5.41, 5.74) is 0. The van der Waals surface area contributed by atoms with Gasteiger partial charge < -0.3 is 9.32 Å². The number of allylic oxidation sites excluding steroid dienone is 2. The minimum Gasteiger partial charge on any atom is -0.417 e. The minimum atomic E-state index is -0.107. The molecule has 1 aromatic heterocycles. The van der Waals surface area contributed by atoms with Gasteiger partial charge in [0.25, 0.3) is 0 Å². The number of nitrogens with zero attached hydrogens (tertiary/aromatic N) is 3. The second-order valence-corrected chi connectivity index (χ2v) is 5.42. The van der Waals surface area contributed by atoms with Gasteiger partial charge in [0, 0.05) is 19.5 Å². The summed E-state index contributed by atoms with van der Waals surface area (Å²) in [6, 6.07) is 0. The fraction of sp³-hybridized carbons (Fsp3) is 0.643. The van der Waals surface area contributed by atoms with Crippen molar-refractivity contribution in [2.24, 2.45) is 11.8 Å².